The van der Waals surface area contributed by atoms with E-state index >= 15 is 0 Å². The molecule has 0 bridgehead atoms. The minimum atomic E-state index is -2.51. The molecule has 1 saturated heterocycles. The van der Waals surface area contributed by atoms with Crippen molar-refractivity contribution >= 4 is 22.6 Å². The van der Waals surface area contributed by atoms with Crippen LogP contribution >= 0.6 is 22.6 Å². The minimum Gasteiger partial charge on any atom is -0.492 e. The molecule has 0 amide bonds. The molecule has 5 heteroatoms. The van der Waals surface area contributed by atoms with Crippen molar-refractivity contribution < 1.29 is 13.5 Å². The standard InChI is InChI=1S/C14H18F2INO/c15-14(16)7-3-8-18(11-14)9-4-10-19-13-6-2-1-5-12(13)17/h1-2,5-6H,3-4,7-11H2. The lowest BCUT2D eigenvalue weighted by Gasteiger charge is -2.32. The lowest BCUT2D eigenvalue weighted by atomic mass is 10.1. The Morgan fingerprint density at radius 1 is 1.32 bits per heavy atom. The van der Waals surface area contributed by atoms with Crippen molar-refractivity contribution in [1.82, 2.24) is 4.90 Å². The SMILES string of the molecule is FC1(F)CCCN(CCCOc2ccccc2I)C1. The summed E-state index contributed by atoms with van der Waals surface area (Å²) in [5.74, 6) is -1.64. The summed E-state index contributed by atoms with van der Waals surface area (Å²) in [5, 5.41) is 0. The third-order valence-corrected chi connectivity index (χ3v) is 4.08. The molecule has 0 spiro atoms. The summed E-state index contributed by atoms with van der Waals surface area (Å²) >= 11 is 2.23. The van der Waals surface area contributed by atoms with E-state index in [2.05, 4.69) is 22.6 Å². The smallest absolute Gasteiger partial charge is 0.260 e. The Morgan fingerprint density at radius 2 is 2.11 bits per heavy atom. The van der Waals surface area contributed by atoms with Gasteiger partial charge < -0.3 is 4.74 Å². The van der Waals surface area contributed by atoms with E-state index in [1.807, 2.05) is 29.2 Å². The molecule has 106 valence electrons. The van der Waals surface area contributed by atoms with Gasteiger partial charge in [-0.15, -0.1) is 0 Å². The molecular weight excluding hydrogens is 363 g/mol. The van der Waals surface area contributed by atoms with Gasteiger partial charge in [0.25, 0.3) is 5.92 Å². The molecule has 0 aromatic heterocycles. The van der Waals surface area contributed by atoms with Crippen LogP contribution in [0.5, 0.6) is 5.75 Å². The summed E-state index contributed by atoms with van der Waals surface area (Å²) in [6.45, 7) is 1.93. The van der Waals surface area contributed by atoms with Crippen molar-refractivity contribution in [3.05, 3.63) is 27.8 Å². The molecular formula is C14H18F2INO. The van der Waals surface area contributed by atoms with E-state index in [9.17, 15) is 8.78 Å². The first-order valence-corrected chi connectivity index (χ1v) is 7.62. The molecule has 0 aliphatic carbocycles. The predicted molar refractivity (Wildman–Crippen MR) is 79.9 cm³/mol. The first kappa shape index (κ1) is 15.0. The largest absolute Gasteiger partial charge is 0.492 e. The van der Waals surface area contributed by atoms with Gasteiger partial charge in [0.1, 0.15) is 5.75 Å². The number of rotatable bonds is 5. The van der Waals surface area contributed by atoms with Gasteiger partial charge in [-0.25, -0.2) is 8.78 Å². The fraction of sp³-hybridized carbons (Fsp3) is 0.571. The van der Waals surface area contributed by atoms with Crippen LogP contribution in [0.2, 0.25) is 0 Å². The predicted octanol–water partition coefficient (Wildman–Crippen LogP) is 3.79. The van der Waals surface area contributed by atoms with Crippen molar-refractivity contribution in [2.45, 2.75) is 25.2 Å². The van der Waals surface area contributed by atoms with Crippen LogP contribution in [0.15, 0.2) is 24.3 Å². The fourth-order valence-corrected chi connectivity index (χ4v) is 2.81. The van der Waals surface area contributed by atoms with E-state index in [0.29, 0.717) is 19.6 Å². The van der Waals surface area contributed by atoms with Gasteiger partial charge in [0, 0.05) is 13.0 Å². The highest BCUT2D eigenvalue weighted by molar-refractivity contribution is 14.1. The lowest BCUT2D eigenvalue weighted by Crippen LogP contribution is -2.43. The molecule has 1 aliphatic rings. The molecule has 1 aromatic rings. The van der Waals surface area contributed by atoms with E-state index < -0.39 is 5.92 Å². The number of ether oxygens (including phenoxy) is 1. The normalized spacial score (nSPS) is 19.3. The molecule has 0 unspecified atom stereocenters. The summed E-state index contributed by atoms with van der Waals surface area (Å²) in [4.78, 5) is 1.84. The number of hydrogen-bond acceptors (Lipinski definition) is 2. The number of piperidine rings is 1. The second-order valence-corrected chi connectivity index (χ2v) is 6.03. The second-order valence-electron chi connectivity index (χ2n) is 4.87. The van der Waals surface area contributed by atoms with Gasteiger partial charge in [0.15, 0.2) is 0 Å². The summed E-state index contributed by atoms with van der Waals surface area (Å²) in [6, 6.07) is 7.81. The molecule has 0 radical (unpaired) electrons. The Hall–Kier alpha value is -0.430. The number of hydrogen-bond donors (Lipinski definition) is 0. The van der Waals surface area contributed by atoms with Crippen LogP contribution in [-0.4, -0.2) is 37.1 Å². The summed E-state index contributed by atoms with van der Waals surface area (Å²) in [7, 11) is 0. The van der Waals surface area contributed by atoms with Gasteiger partial charge in [-0.3, -0.25) is 4.90 Å². The van der Waals surface area contributed by atoms with Gasteiger partial charge in [0.2, 0.25) is 0 Å². The first-order chi connectivity index (χ1) is 9.07. The van der Waals surface area contributed by atoms with Gasteiger partial charge in [-0.05, 0) is 54.1 Å². The van der Waals surface area contributed by atoms with Crippen LogP contribution in [0.25, 0.3) is 0 Å². The Balaban J connectivity index is 1.68. The Kier molecular flexibility index (Phi) is 5.38. The Labute approximate surface area is 126 Å². The third-order valence-electron chi connectivity index (χ3n) is 3.18. The molecule has 1 heterocycles. The molecule has 0 N–H and O–H groups in total. The van der Waals surface area contributed by atoms with Gasteiger partial charge in [-0.1, -0.05) is 12.1 Å². The van der Waals surface area contributed by atoms with E-state index in [1.165, 1.54) is 0 Å². The molecule has 1 aliphatic heterocycles. The van der Waals surface area contributed by atoms with Crippen LogP contribution in [0.4, 0.5) is 8.78 Å². The first-order valence-electron chi connectivity index (χ1n) is 6.54. The minimum absolute atomic E-state index is 0.0300. The monoisotopic (exact) mass is 381 g/mol. The zero-order chi connectivity index (χ0) is 13.7. The number of halogens is 3. The molecule has 0 saturated carbocycles. The average molecular weight is 381 g/mol. The van der Waals surface area contributed by atoms with Gasteiger partial charge in [-0.2, -0.15) is 0 Å². The van der Waals surface area contributed by atoms with Gasteiger partial charge in [0.05, 0.1) is 16.7 Å². The highest BCUT2D eigenvalue weighted by Crippen LogP contribution is 2.26. The number of nitrogens with zero attached hydrogens (tertiary/aromatic N) is 1. The molecule has 2 nitrogen and oxygen atoms in total. The van der Waals surface area contributed by atoms with Crippen LogP contribution in [0, 0.1) is 3.57 Å². The zero-order valence-electron chi connectivity index (χ0n) is 10.7. The van der Waals surface area contributed by atoms with Crippen molar-refractivity contribution in [1.29, 1.82) is 0 Å². The molecule has 0 atom stereocenters. The number of para-hydroxylation sites is 1. The number of benzene rings is 1. The number of alkyl halides is 2. The quantitative estimate of drug-likeness (QED) is 0.569. The fourth-order valence-electron chi connectivity index (χ4n) is 2.27. The van der Waals surface area contributed by atoms with Crippen molar-refractivity contribution in [2.24, 2.45) is 0 Å². The number of likely N-dealkylation sites (tertiary alicyclic amines) is 1. The van der Waals surface area contributed by atoms with E-state index in [0.717, 1.165) is 22.3 Å². The van der Waals surface area contributed by atoms with Gasteiger partial charge >= 0.3 is 0 Å². The maximum atomic E-state index is 13.2. The van der Waals surface area contributed by atoms with Crippen LogP contribution < -0.4 is 4.74 Å². The maximum Gasteiger partial charge on any atom is 0.260 e. The maximum absolute atomic E-state index is 13.2. The van der Waals surface area contributed by atoms with Crippen molar-refractivity contribution in [3.63, 3.8) is 0 Å². The Bertz CT molecular complexity index is 414. The highest BCUT2D eigenvalue weighted by Gasteiger charge is 2.34. The summed E-state index contributed by atoms with van der Waals surface area (Å²) in [5.41, 5.74) is 0. The van der Waals surface area contributed by atoms with E-state index in [1.54, 1.807) is 0 Å². The Morgan fingerprint density at radius 3 is 2.84 bits per heavy atom. The van der Waals surface area contributed by atoms with E-state index in [-0.39, 0.29) is 13.0 Å². The average Bonchev–Trinajstić information content (AvgIpc) is 2.35. The van der Waals surface area contributed by atoms with Crippen LogP contribution in [0.3, 0.4) is 0 Å². The highest BCUT2D eigenvalue weighted by atomic mass is 127. The third kappa shape index (κ3) is 4.87. The van der Waals surface area contributed by atoms with Crippen LogP contribution in [-0.2, 0) is 0 Å². The summed E-state index contributed by atoms with van der Waals surface area (Å²) < 4.78 is 33.1. The topological polar surface area (TPSA) is 12.5 Å². The summed E-state index contributed by atoms with van der Waals surface area (Å²) in [6.07, 6.45) is 1.40. The molecule has 19 heavy (non-hydrogen) atoms. The van der Waals surface area contributed by atoms with Crippen molar-refractivity contribution in [2.75, 3.05) is 26.2 Å². The van der Waals surface area contributed by atoms with E-state index in [4.69, 9.17) is 4.74 Å². The molecule has 1 aromatic carbocycles. The zero-order valence-corrected chi connectivity index (χ0v) is 12.9. The lowest BCUT2D eigenvalue weighted by molar-refractivity contribution is -0.0644. The molecule has 2 rings (SSSR count). The van der Waals surface area contributed by atoms with Crippen LogP contribution in [0.1, 0.15) is 19.3 Å². The van der Waals surface area contributed by atoms with Crippen molar-refractivity contribution in [3.8, 4) is 5.75 Å². The molecule has 1 fully saturated rings. The second kappa shape index (κ2) is 6.83.